The lowest BCUT2D eigenvalue weighted by molar-refractivity contribution is 0.721. The van der Waals surface area contributed by atoms with E-state index in [4.69, 9.17) is 0 Å². The van der Waals surface area contributed by atoms with Crippen LogP contribution in [0.5, 0.6) is 0 Å². The molecule has 1 rings (SSSR count). The van der Waals surface area contributed by atoms with Crippen molar-refractivity contribution < 1.29 is 0 Å². The van der Waals surface area contributed by atoms with E-state index in [-0.39, 0.29) is 5.56 Å². The van der Waals surface area contributed by atoms with Gasteiger partial charge in [0.2, 0.25) is 0 Å². The highest BCUT2D eigenvalue weighted by atomic mass is 16.1. The molecular weight excluding hydrogens is 166 g/mol. The van der Waals surface area contributed by atoms with Gasteiger partial charge in [-0.2, -0.15) is 0 Å². The predicted molar refractivity (Wildman–Crippen MR) is 53.0 cm³/mol. The highest BCUT2D eigenvalue weighted by molar-refractivity contribution is 5.17. The Labute approximate surface area is 77.9 Å². The first kappa shape index (κ1) is 10.1. The number of rotatable bonds is 4. The van der Waals surface area contributed by atoms with Crippen LogP contribution in [0.15, 0.2) is 4.79 Å². The maximum atomic E-state index is 11.6. The smallest absolute Gasteiger partial charge is 0.269 e. The molecule has 0 atom stereocenters. The normalized spacial score (nSPS) is 10.7. The molecule has 0 saturated carbocycles. The Kier molecular flexibility index (Phi) is 3.31. The zero-order valence-electron chi connectivity index (χ0n) is 8.48. The van der Waals surface area contributed by atoms with Gasteiger partial charge in [0.15, 0.2) is 0 Å². The zero-order chi connectivity index (χ0) is 9.84. The first-order valence-corrected chi connectivity index (χ1v) is 4.62. The van der Waals surface area contributed by atoms with Gasteiger partial charge in [-0.1, -0.05) is 6.92 Å². The van der Waals surface area contributed by atoms with Crippen molar-refractivity contribution in [1.82, 2.24) is 15.1 Å². The third-order valence-electron chi connectivity index (χ3n) is 2.21. The van der Waals surface area contributed by atoms with Crippen molar-refractivity contribution in [2.24, 2.45) is 7.05 Å². The summed E-state index contributed by atoms with van der Waals surface area (Å²) in [5.41, 5.74) is 2.08. The molecule has 1 heterocycles. The van der Waals surface area contributed by atoms with Gasteiger partial charge in [0.05, 0.1) is 0 Å². The van der Waals surface area contributed by atoms with E-state index in [1.54, 1.807) is 11.7 Å². The summed E-state index contributed by atoms with van der Waals surface area (Å²) in [6, 6.07) is 0. The van der Waals surface area contributed by atoms with Crippen LogP contribution in [0.2, 0.25) is 0 Å². The molecule has 1 aromatic rings. The van der Waals surface area contributed by atoms with Crippen LogP contribution in [0.25, 0.3) is 0 Å². The zero-order valence-corrected chi connectivity index (χ0v) is 8.48. The minimum atomic E-state index is 0.104. The van der Waals surface area contributed by atoms with Gasteiger partial charge in [-0.3, -0.25) is 14.6 Å². The van der Waals surface area contributed by atoms with Gasteiger partial charge in [0.1, 0.15) is 0 Å². The third kappa shape index (κ3) is 2.01. The number of aryl methyl sites for hydroxylation is 2. The Hall–Kier alpha value is -1.03. The van der Waals surface area contributed by atoms with E-state index in [0.29, 0.717) is 0 Å². The van der Waals surface area contributed by atoms with Crippen molar-refractivity contribution in [2.45, 2.75) is 19.8 Å². The Morgan fingerprint density at radius 1 is 1.54 bits per heavy atom. The molecule has 4 nitrogen and oxygen atoms in total. The van der Waals surface area contributed by atoms with Gasteiger partial charge in [-0.05, 0) is 26.4 Å². The van der Waals surface area contributed by atoms with E-state index in [1.807, 2.05) is 14.0 Å². The maximum Gasteiger partial charge on any atom is 0.269 e. The minimum Gasteiger partial charge on any atom is -0.319 e. The van der Waals surface area contributed by atoms with Crippen molar-refractivity contribution in [2.75, 3.05) is 13.6 Å². The molecule has 0 aliphatic heterocycles. The van der Waals surface area contributed by atoms with Gasteiger partial charge in [-0.25, -0.2) is 0 Å². The van der Waals surface area contributed by atoms with Crippen molar-refractivity contribution in [3.8, 4) is 0 Å². The molecule has 0 radical (unpaired) electrons. The average Bonchev–Trinajstić information content (AvgIpc) is 2.40. The largest absolute Gasteiger partial charge is 0.319 e. The Balaban J connectivity index is 2.95. The quantitative estimate of drug-likeness (QED) is 0.692. The number of H-pyrrole nitrogens is 1. The van der Waals surface area contributed by atoms with E-state index >= 15 is 0 Å². The number of hydrogen-bond donors (Lipinski definition) is 2. The first-order chi connectivity index (χ1) is 6.20. The van der Waals surface area contributed by atoms with Crippen LogP contribution in [-0.4, -0.2) is 23.4 Å². The van der Waals surface area contributed by atoms with Crippen LogP contribution >= 0.6 is 0 Å². The van der Waals surface area contributed by atoms with Crippen LogP contribution in [0, 0.1) is 0 Å². The highest BCUT2D eigenvalue weighted by Gasteiger charge is 2.09. The van der Waals surface area contributed by atoms with E-state index in [9.17, 15) is 4.79 Å². The maximum absolute atomic E-state index is 11.6. The fourth-order valence-corrected chi connectivity index (χ4v) is 1.45. The van der Waals surface area contributed by atoms with Crippen molar-refractivity contribution in [3.05, 3.63) is 21.6 Å². The van der Waals surface area contributed by atoms with Crippen LogP contribution in [0.3, 0.4) is 0 Å². The van der Waals surface area contributed by atoms with Crippen LogP contribution in [-0.2, 0) is 19.9 Å². The van der Waals surface area contributed by atoms with Gasteiger partial charge in [-0.15, -0.1) is 0 Å². The van der Waals surface area contributed by atoms with Gasteiger partial charge >= 0.3 is 0 Å². The summed E-state index contributed by atoms with van der Waals surface area (Å²) in [6.07, 6.45) is 1.69. The Morgan fingerprint density at radius 3 is 2.77 bits per heavy atom. The number of nitrogens with one attached hydrogen (secondary N) is 2. The second kappa shape index (κ2) is 4.28. The molecule has 0 amide bonds. The lowest BCUT2D eigenvalue weighted by Crippen LogP contribution is -2.19. The summed E-state index contributed by atoms with van der Waals surface area (Å²) >= 11 is 0. The fourth-order valence-electron chi connectivity index (χ4n) is 1.45. The average molecular weight is 183 g/mol. The Morgan fingerprint density at radius 2 is 2.23 bits per heavy atom. The minimum absolute atomic E-state index is 0.104. The predicted octanol–water partition coefficient (Wildman–Crippen LogP) is 0.0377. The molecule has 4 heteroatoms. The first-order valence-electron chi connectivity index (χ1n) is 4.62. The monoisotopic (exact) mass is 183 g/mol. The second-order valence-corrected chi connectivity index (χ2v) is 3.14. The molecule has 0 bridgehead atoms. The molecule has 0 aliphatic carbocycles. The van der Waals surface area contributed by atoms with Gasteiger partial charge in [0.25, 0.3) is 5.56 Å². The molecule has 0 spiro atoms. The summed E-state index contributed by atoms with van der Waals surface area (Å²) in [6.45, 7) is 2.90. The molecular formula is C9H17N3O. The molecule has 13 heavy (non-hydrogen) atoms. The van der Waals surface area contributed by atoms with E-state index in [0.717, 1.165) is 30.6 Å². The number of likely N-dealkylation sites (N-methyl/N-ethyl adjacent to an activating group) is 1. The van der Waals surface area contributed by atoms with Gasteiger partial charge in [0, 0.05) is 18.3 Å². The van der Waals surface area contributed by atoms with Crippen LogP contribution in [0.1, 0.15) is 18.2 Å². The summed E-state index contributed by atoms with van der Waals surface area (Å²) in [7, 11) is 3.65. The molecule has 1 aromatic heterocycles. The molecule has 2 N–H and O–H groups in total. The highest BCUT2D eigenvalue weighted by Crippen LogP contribution is 2.01. The molecule has 74 valence electrons. The molecule has 0 fully saturated rings. The van der Waals surface area contributed by atoms with E-state index in [1.165, 1.54) is 0 Å². The number of aromatic amines is 1. The summed E-state index contributed by atoms with van der Waals surface area (Å²) in [4.78, 5) is 11.6. The number of nitrogens with zero attached hydrogens (tertiary/aromatic N) is 1. The van der Waals surface area contributed by atoms with E-state index < -0.39 is 0 Å². The van der Waals surface area contributed by atoms with Crippen LogP contribution in [0.4, 0.5) is 0 Å². The molecule has 0 unspecified atom stereocenters. The van der Waals surface area contributed by atoms with Crippen molar-refractivity contribution >= 4 is 0 Å². The van der Waals surface area contributed by atoms with Crippen molar-refractivity contribution in [3.63, 3.8) is 0 Å². The number of aromatic nitrogens is 2. The Bertz CT molecular complexity index is 324. The lowest BCUT2D eigenvalue weighted by atomic mass is 10.1. The standard InChI is InChI=1S/C9H17N3O/c1-4-8-7(5-6-10-2)9(13)12(3)11-8/h10-11H,4-6H2,1-3H3. The summed E-state index contributed by atoms with van der Waals surface area (Å²) in [5.74, 6) is 0. The topological polar surface area (TPSA) is 49.8 Å². The second-order valence-electron chi connectivity index (χ2n) is 3.14. The molecule has 0 aromatic carbocycles. The summed E-state index contributed by atoms with van der Waals surface area (Å²) < 4.78 is 1.55. The fraction of sp³-hybridized carbons (Fsp3) is 0.667. The van der Waals surface area contributed by atoms with E-state index in [2.05, 4.69) is 10.4 Å². The molecule has 0 aliphatic rings. The number of hydrogen-bond acceptors (Lipinski definition) is 2. The third-order valence-corrected chi connectivity index (χ3v) is 2.21. The summed E-state index contributed by atoms with van der Waals surface area (Å²) in [5, 5.41) is 6.09. The molecule has 0 saturated heterocycles. The van der Waals surface area contributed by atoms with Crippen LogP contribution < -0.4 is 10.9 Å². The lowest BCUT2D eigenvalue weighted by Gasteiger charge is -1.97. The SMILES string of the molecule is CCc1[nH]n(C)c(=O)c1CCNC. The van der Waals surface area contributed by atoms with Crippen molar-refractivity contribution in [1.29, 1.82) is 0 Å². The van der Waals surface area contributed by atoms with Gasteiger partial charge < -0.3 is 5.32 Å².